The zero-order valence-electron chi connectivity index (χ0n) is 20.7. The van der Waals surface area contributed by atoms with Gasteiger partial charge in [0, 0.05) is 22.3 Å². The Morgan fingerprint density at radius 1 is 0.789 bits per heavy atom. The Morgan fingerprint density at radius 3 is 1.97 bits per heavy atom. The van der Waals surface area contributed by atoms with Gasteiger partial charge in [-0.15, -0.1) is 0 Å². The summed E-state index contributed by atoms with van der Waals surface area (Å²) in [6, 6.07) is 19.0. The van der Waals surface area contributed by atoms with E-state index in [0.717, 1.165) is 12.0 Å². The third kappa shape index (κ3) is 5.30. The molecule has 0 aliphatic carbocycles. The number of halogens is 4. The number of rotatable bonds is 9. The van der Waals surface area contributed by atoms with Crippen LogP contribution in [-0.2, 0) is 11.3 Å². The summed E-state index contributed by atoms with van der Waals surface area (Å²) >= 11 is 0. The van der Waals surface area contributed by atoms with Gasteiger partial charge in [-0.3, -0.25) is 0 Å². The molecule has 1 saturated heterocycles. The number of benzene rings is 4. The van der Waals surface area contributed by atoms with Crippen molar-refractivity contribution in [3.05, 3.63) is 113 Å². The van der Waals surface area contributed by atoms with E-state index in [1.165, 1.54) is 24.3 Å². The maximum Gasteiger partial charge on any atom is 0.167 e. The van der Waals surface area contributed by atoms with Crippen molar-refractivity contribution in [3.8, 4) is 28.0 Å². The number of aliphatic hydroxyl groups is 1. The first kappa shape index (κ1) is 25.9. The number of hydrogen-bond donors (Lipinski definition) is 1. The summed E-state index contributed by atoms with van der Waals surface area (Å²) in [7, 11) is 0. The number of aliphatic hydroxyl groups excluding tert-OH is 1. The lowest BCUT2D eigenvalue weighted by molar-refractivity contribution is 0.166. The fourth-order valence-electron chi connectivity index (χ4n) is 4.40. The Bertz CT molecular complexity index is 1430. The summed E-state index contributed by atoms with van der Waals surface area (Å²) in [6.07, 6.45) is 0.476. The normalized spacial score (nSPS) is 15.4. The average molecular weight is 523 g/mol. The summed E-state index contributed by atoms with van der Waals surface area (Å²) < 4.78 is 69.3. The van der Waals surface area contributed by atoms with E-state index < -0.39 is 35.5 Å². The molecule has 2 unspecified atom stereocenters. The second-order valence-corrected chi connectivity index (χ2v) is 9.29. The highest BCUT2D eigenvalue weighted by Crippen LogP contribution is 2.36. The molecule has 7 heteroatoms. The summed E-state index contributed by atoms with van der Waals surface area (Å²) in [6.45, 7) is 2.14. The largest absolute Gasteiger partial charge is 0.489 e. The van der Waals surface area contributed by atoms with Gasteiger partial charge in [0.15, 0.2) is 23.3 Å². The van der Waals surface area contributed by atoms with E-state index in [0.29, 0.717) is 29.9 Å². The maximum atomic E-state index is 14.9. The highest BCUT2D eigenvalue weighted by atomic mass is 19.2. The molecule has 4 aromatic carbocycles. The molecule has 1 N–H and O–H groups in total. The molecule has 1 heterocycles. The molecule has 1 aliphatic heterocycles. The Kier molecular flexibility index (Phi) is 7.49. The zero-order valence-corrected chi connectivity index (χ0v) is 20.7. The smallest absolute Gasteiger partial charge is 0.167 e. The van der Waals surface area contributed by atoms with Crippen molar-refractivity contribution in [2.24, 2.45) is 0 Å². The molecule has 0 saturated carbocycles. The van der Waals surface area contributed by atoms with Gasteiger partial charge in [-0.1, -0.05) is 74.0 Å². The molecule has 2 atom stereocenters. The predicted octanol–water partition coefficient (Wildman–Crippen LogP) is 8.06. The second-order valence-electron chi connectivity index (χ2n) is 9.29. The fraction of sp³-hybridized carbons (Fsp3) is 0.226. The lowest BCUT2D eigenvalue weighted by atomic mass is 9.98. The van der Waals surface area contributed by atoms with Gasteiger partial charge in [0.1, 0.15) is 18.5 Å². The van der Waals surface area contributed by atoms with Crippen molar-refractivity contribution in [2.75, 3.05) is 6.61 Å². The van der Waals surface area contributed by atoms with Crippen molar-refractivity contribution in [2.45, 2.75) is 38.6 Å². The van der Waals surface area contributed by atoms with Crippen molar-refractivity contribution >= 4 is 0 Å². The maximum absolute atomic E-state index is 14.9. The highest BCUT2D eigenvalue weighted by Gasteiger charge is 2.30. The third-order valence-corrected chi connectivity index (χ3v) is 6.68. The molecule has 0 aromatic heterocycles. The third-order valence-electron chi connectivity index (χ3n) is 6.68. The minimum Gasteiger partial charge on any atom is -0.489 e. The molecular formula is C31H26F4O3. The SMILES string of the molecule is CCCC(O)c1ccc(-c2ccc(COc3ccc(-c4ccc(C5CO5)c(F)c4F)cc3)c(F)c2F)cc1. The number of hydrogen-bond acceptors (Lipinski definition) is 3. The first-order chi connectivity index (χ1) is 18.4. The molecule has 0 spiro atoms. The van der Waals surface area contributed by atoms with Crippen molar-refractivity contribution in [3.63, 3.8) is 0 Å². The van der Waals surface area contributed by atoms with Crippen LogP contribution in [0, 0.1) is 23.3 Å². The molecule has 0 radical (unpaired) electrons. The van der Waals surface area contributed by atoms with Gasteiger partial charge in [-0.2, -0.15) is 0 Å². The van der Waals surface area contributed by atoms with Crippen LogP contribution >= 0.6 is 0 Å². The lowest BCUT2D eigenvalue weighted by Crippen LogP contribution is -2.02. The van der Waals surface area contributed by atoms with E-state index in [9.17, 15) is 22.7 Å². The average Bonchev–Trinajstić information content (AvgIpc) is 3.77. The minimum absolute atomic E-state index is 0.0383. The van der Waals surface area contributed by atoms with Crippen LogP contribution in [0.3, 0.4) is 0 Å². The predicted molar refractivity (Wildman–Crippen MR) is 136 cm³/mol. The molecule has 0 amide bonds. The molecule has 1 aliphatic rings. The van der Waals surface area contributed by atoms with Crippen LogP contribution in [0.25, 0.3) is 22.3 Å². The van der Waals surface area contributed by atoms with Crippen LogP contribution in [0.2, 0.25) is 0 Å². The summed E-state index contributed by atoms with van der Waals surface area (Å²) in [5, 5.41) is 10.1. The lowest BCUT2D eigenvalue weighted by Gasteiger charge is -2.13. The highest BCUT2D eigenvalue weighted by molar-refractivity contribution is 5.66. The van der Waals surface area contributed by atoms with E-state index in [1.807, 2.05) is 6.92 Å². The molecule has 5 rings (SSSR count). The molecule has 38 heavy (non-hydrogen) atoms. The van der Waals surface area contributed by atoms with Crippen LogP contribution in [0.15, 0.2) is 72.8 Å². The van der Waals surface area contributed by atoms with Crippen molar-refractivity contribution in [1.29, 1.82) is 0 Å². The fourth-order valence-corrected chi connectivity index (χ4v) is 4.40. The van der Waals surface area contributed by atoms with Crippen LogP contribution in [-0.4, -0.2) is 11.7 Å². The molecule has 4 aromatic rings. The van der Waals surface area contributed by atoms with E-state index in [1.54, 1.807) is 48.5 Å². The summed E-state index contributed by atoms with van der Waals surface area (Å²) in [4.78, 5) is 0. The molecule has 0 bridgehead atoms. The zero-order chi connectivity index (χ0) is 26.8. The molecular weight excluding hydrogens is 496 g/mol. The Hall–Kier alpha value is -3.68. The van der Waals surface area contributed by atoms with E-state index >= 15 is 0 Å². The first-order valence-corrected chi connectivity index (χ1v) is 12.4. The van der Waals surface area contributed by atoms with Gasteiger partial charge in [-0.05, 0) is 35.2 Å². The monoisotopic (exact) mass is 522 g/mol. The summed E-state index contributed by atoms with van der Waals surface area (Å²) in [5.74, 6) is -3.50. The molecule has 196 valence electrons. The first-order valence-electron chi connectivity index (χ1n) is 12.4. The van der Waals surface area contributed by atoms with E-state index in [4.69, 9.17) is 9.47 Å². The van der Waals surface area contributed by atoms with Crippen LogP contribution in [0.1, 0.15) is 48.7 Å². The molecule has 1 fully saturated rings. The second kappa shape index (κ2) is 11.0. The Labute approximate surface area is 218 Å². The Morgan fingerprint density at radius 2 is 1.37 bits per heavy atom. The van der Waals surface area contributed by atoms with E-state index in [2.05, 4.69) is 0 Å². The minimum atomic E-state index is -1.01. The standard InChI is InChI=1S/C31H26F4O3/c1-2-3-26(36)20-6-4-18(5-7-20)23-13-10-21(28(32)29(23)33)16-37-22-11-8-19(9-12-22)24-14-15-25(27-17-38-27)31(35)30(24)34/h4-15,26-27,36H,2-3,16-17H2,1H3. The Balaban J connectivity index is 1.27. The van der Waals surface area contributed by atoms with Crippen LogP contribution < -0.4 is 4.74 Å². The van der Waals surface area contributed by atoms with Crippen molar-refractivity contribution in [1.82, 2.24) is 0 Å². The van der Waals surface area contributed by atoms with Crippen molar-refractivity contribution < 1.29 is 32.1 Å². The number of ether oxygens (including phenoxy) is 2. The number of epoxide rings is 1. The van der Waals surface area contributed by atoms with Gasteiger partial charge < -0.3 is 14.6 Å². The van der Waals surface area contributed by atoms with Gasteiger partial charge >= 0.3 is 0 Å². The van der Waals surface area contributed by atoms with Gasteiger partial charge in [0.25, 0.3) is 0 Å². The molecule has 3 nitrogen and oxygen atoms in total. The quantitative estimate of drug-likeness (QED) is 0.179. The van der Waals surface area contributed by atoms with Crippen LogP contribution in [0.4, 0.5) is 17.6 Å². The van der Waals surface area contributed by atoms with Crippen LogP contribution in [0.5, 0.6) is 5.75 Å². The van der Waals surface area contributed by atoms with E-state index in [-0.39, 0.29) is 28.9 Å². The topological polar surface area (TPSA) is 42.0 Å². The summed E-state index contributed by atoms with van der Waals surface area (Å²) in [5.41, 5.74) is 2.14. The van der Waals surface area contributed by atoms with Gasteiger partial charge in [-0.25, -0.2) is 17.6 Å². The van der Waals surface area contributed by atoms with Gasteiger partial charge in [0.2, 0.25) is 0 Å². The van der Waals surface area contributed by atoms with Gasteiger partial charge in [0.05, 0.1) is 12.7 Å².